The van der Waals surface area contributed by atoms with Crippen LogP contribution in [0, 0.1) is 0 Å². The lowest BCUT2D eigenvalue weighted by molar-refractivity contribution is 1.17. The van der Waals surface area contributed by atoms with Crippen LogP contribution in [0.2, 0.25) is 0 Å². The van der Waals surface area contributed by atoms with Crippen molar-refractivity contribution in [3.8, 4) is 45.0 Å². The Labute approximate surface area is 403 Å². The van der Waals surface area contributed by atoms with E-state index in [4.69, 9.17) is 0 Å². The number of hydrogen-bond acceptors (Lipinski definition) is 0. The molecule has 0 N–H and O–H groups in total. The Bertz CT molecular complexity index is 4350. The molecule has 0 amide bonds. The average Bonchev–Trinajstić information content (AvgIpc) is 4.16. The molecule has 15 aromatic rings. The van der Waals surface area contributed by atoms with E-state index in [-0.39, 0.29) is 0 Å². The van der Waals surface area contributed by atoms with Crippen molar-refractivity contribution in [2.45, 2.75) is 0 Å². The largest absolute Gasteiger partial charge is 0.309 e. The van der Waals surface area contributed by atoms with E-state index < -0.39 is 0 Å². The average molecular weight is 891 g/mol. The topological polar surface area (TPSA) is 19.7 Å². The maximum absolute atomic E-state index is 2.56. The molecule has 0 fully saturated rings. The van der Waals surface area contributed by atoms with Gasteiger partial charge in [0.25, 0.3) is 0 Å². The Morgan fingerprint density at radius 2 is 0.514 bits per heavy atom. The van der Waals surface area contributed by atoms with Gasteiger partial charge in [0, 0.05) is 71.3 Å². The summed E-state index contributed by atoms with van der Waals surface area (Å²) in [4.78, 5) is 0. The summed E-state index contributed by atoms with van der Waals surface area (Å²) in [5.41, 5.74) is 18.7. The Hall–Kier alpha value is -9.38. The molecule has 4 heteroatoms. The van der Waals surface area contributed by atoms with Crippen LogP contribution in [0.1, 0.15) is 0 Å². The first-order valence-corrected chi connectivity index (χ1v) is 24.1. The van der Waals surface area contributed by atoms with Crippen LogP contribution in [0.25, 0.3) is 132 Å². The predicted molar refractivity (Wildman–Crippen MR) is 295 cm³/mol. The highest BCUT2D eigenvalue weighted by Crippen LogP contribution is 2.48. The molecule has 4 aromatic heterocycles. The molecule has 0 unspecified atom stereocenters. The smallest absolute Gasteiger partial charge is 0.0619 e. The summed E-state index contributed by atoms with van der Waals surface area (Å²) < 4.78 is 9.85. The van der Waals surface area contributed by atoms with Gasteiger partial charge >= 0.3 is 0 Å². The SMILES string of the molecule is c1ccc(-n2c3ccccc3c3c(-c4cccc(-c5cccc6c5c5ccccc5n6-c5ccccc5)c4-n4c5ccccc5c5cc(-n6c7ccccc7c7ccccc76)ccc54)cccc32)cc1. The molecular formula is C66H42N4. The molecule has 0 aliphatic rings. The van der Waals surface area contributed by atoms with Crippen molar-refractivity contribution < 1.29 is 0 Å². The lowest BCUT2D eigenvalue weighted by atomic mass is 9.91. The van der Waals surface area contributed by atoms with E-state index >= 15 is 0 Å². The second kappa shape index (κ2) is 15.1. The van der Waals surface area contributed by atoms with Crippen molar-refractivity contribution in [3.63, 3.8) is 0 Å². The van der Waals surface area contributed by atoms with E-state index in [1.54, 1.807) is 0 Å². The third-order valence-electron chi connectivity index (χ3n) is 14.8. The number of benzene rings is 11. The van der Waals surface area contributed by atoms with E-state index in [2.05, 4.69) is 273 Å². The minimum absolute atomic E-state index is 1.14. The molecule has 0 bridgehead atoms. The highest BCUT2D eigenvalue weighted by molar-refractivity contribution is 6.20. The molecular weight excluding hydrogens is 849 g/mol. The first-order valence-electron chi connectivity index (χ1n) is 24.1. The Kier molecular flexibility index (Phi) is 8.33. The summed E-state index contributed by atoms with van der Waals surface area (Å²) in [6.45, 7) is 0. The van der Waals surface area contributed by atoms with Gasteiger partial charge in [-0.25, -0.2) is 0 Å². The number of nitrogens with zero attached hydrogens (tertiary/aromatic N) is 4. The van der Waals surface area contributed by atoms with Gasteiger partial charge in [0.2, 0.25) is 0 Å². The third kappa shape index (κ3) is 5.47. The zero-order valence-electron chi connectivity index (χ0n) is 38.0. The van der Waals surface area contributed by atoms with Gasteiger partial charge in [-0.1, -0.05) is 170 Å². The summed E-state index contributed by atoms with van der Waals surface area (Å²) in [5.74, 6) is 0. The van der Waals surface area contributed by atoms with Gasteiger partial charge in [-0.15, -0.1) is 0 Å². The number of hydrogen-bond donors (Lipinski definition) is 0. The first-order chi connectivity index (χ1) is 34.8. The zero-order chi connectivity index (χ0) is 45.9. The normalized spacial score (nSPS) is 12.0. The molecule has 0 aliphatic carbocycles. The van der Waals surface area contributed by atoms with Crippen LogP contribution in [0.3, 0.4) is 0 Å². The fourth-order valence-corrected chi connectivity index (χ4v) is 12.0. The molecule has 0 aliphatic heterocycles. The van der Waals surface area contributed by atoms with Crippen LogP contribution in [-0.2, 0) is 0 Å². The monoisotopic (exact) mass is 890 g/mol. The fourth-order valence-electron chi connectivity index (χ4n) is 12.0. The summed E-state index contributed by atoms with van der Waals surface area (Å²) in [6, 6.07) is 93.7. The van der Waals surface area contributed by atoms with Crippen molar-refractivity contribution in [3.05, 3.63) is 255 Å². The van der Waals surface area contributed by atoms with Crippen molar-refractivity contribution in [2.24, 2.45) is 0 Å². The molecule has 0 radical (unpaired) electrons. The molecule has 4 nitrogen and oxygen atoms in total. The second-order valence-electron chi connectivity index (χ2n) is 18.4. The van der Waals surface area contributed by atoms with Crippen LogP contribution >= 0.6 is 0 Å². The van der Waals surface area contributed by atoms with Gasteiger partial charge < -0.3 is 18.3 Å². The van der Waals surface area contributed by atoms with Gasteiger partial charge in [0.1, 0.15) is 0 Å². The standard InChI is InChI=1S/C66H42N4/c1-3-20-43(21-4-1)67-59-36-15-10-27-53(59)64-49(29-18-38-62(64)67)51-31-17-32-52(50-30-19-39-63-65(50)54-28-11-16-37-60(54)68(63)44-22-5-2-6-23-44)66(51)70-58-35-14-9-26-48(58)55-42-45(40-41-61(55)70)69-56-33-12-7-24-46(56)47-25-8-13-34-57(47)69/h1-42H. The minimum Gasteiger partial charge on any atom is -0.309 e. The Balaban J connectivity index is 1.08. The van der Waals surface area contributed by atoms with Crippen LogP contribution in [0.4, 0.5) is 0 Å². The van der Waals surface area contributed by atoms with Crippen LogP contribution in [-0.4, -0.2) is 18.3 Å². The van der Waals surface area contributed by atoms with E-state index in [9.17, 15) is 0 Å². The molecule has 15 rings (SSSR count). The highest BCUT2D eigenvalue weighted by Gasteiger charge is 2.26. The minimum atomic E-state index is 1.14. The number of fused-ring (bicyclic) bond motifs is 12. The highest BCUT2D eigenvalue weighted by atomic mass is 15.0. The van der Waals surface area contributed by atoms with Crippen molar-refractivity contribution in [1.82, 2.24) is 18.3 Å². The van der Waals surface area contributed by atoms with Crippen LogP contribution in [0.15, 0.2) is 255 Å². The quantitative estimate of drug-likeness (QED) is 0.158. The van der Waals surface area contributed by atoms with Gasteiger partial charge in [0.05, 0.1) is 49.8 Å². The Morgan fingerprint density at radius 3 is 1.00 bits per heavy atom. The lowest BCUT2D eigenvalue weighted by Crippen LogP contribution is -2.02. The molecule has 11 aromatic carbocycles. The molecule has 326 valence electrons. The fraction of sp³-hybridized carbons (Fsp3) is 0. The summed E-state index contributed by atoms with van der Waals surface area (Å²) in [5, 5.41) is 9.82. The van der Waals surface area contributed by atoms with Crippen molar-refractivity contribution in [2.75, 3.05) is 0 Å². The summed E-state index contributed by atoms with van der Waals surface area (Å²) in [7, 11) is 0. The van der Waals surface area contributed by atoms with E-state index in [0.29, 0.717) is 0 Å². The second-order valence-corrected chi connectivity index (χ2v) is 18.4. The summed E-state index contributed by atoms with van der Waals surface area (Å²) in [6.07, 6.45) is 0. The van der Waals surface area contributed by atoms with E-state index in [0.717, 1.165) is 44.9 Å². The molecule has 0 saturated heterocycles. The predicted octanol–water partition coefficient (Wildman–Crippen LogP) is 17.4. The molecule has 0 atom stereocenters. The van der Waals surface area contributed by atoms with Crippen molar-refractivity contribution in [1.29, 1.82) is 0 Å². The van der Waals surface area contributed by atoms with Gasteiger partial charge in [-0.2, -0.15) is 0 Å². The zero-order valence-corrected chi connectivity index (χ0v) is 38.0. The molecule has 70 heavy (non-hydrogen) atoms. The summed E-state index contributed by atoms with van der Waals surface area (Å²) >= 11 is 0. The lowest BCUT2D eigenvalue weighted by Gasteiger charge is -2.21. The van der Waals surface area contributed by atoms with Gasteiger partial charge in [0.15, 0.2) is 0 Å². The van der Waals surface area contributed by atoms with Crippen molar-refractivity contribution >= 4 is 87.2 Å². The van der Waals surface area contributed by atoms with Gasteiger partial charge in [-0.3, -0.25) is 0 Å². The molecule has 0 spiro atoms. The van der Waals surface area contributed by atoms with Gasteiger partial charge in [-0.05, 0) is 96.1 Å². The van der Waals surface area contributed by atoms with E-state index in [1.165, 1.54) is 87.3 Å². The molecule has 4 heterocycles. The number of rotatable bonds is 6. The molecule has 0 saturated carbocycles. The maximum atomic E-state index is 2.56. The van der Waals surface area contributed by atoms with E-state index in [1.807, 2.05) is 0 Å². The van der Waals surface area contributed by atoms with Crippen LogP contribution < -0.4 is 0 Å². The Morgan fingerprint density at radius 1 is 0.186 bits per heavy atom. The first kappa shape index (κ1) is 38.7. The third-order valence-corrected chi connectivity index (χ3v) is 14.8. The maximum Gasteiger partial charge on any atom is 0.0619 e. The number of aromatic nitrogens is 4. The number of para-hydroxylation sites is 8. The van der Waals surface area contributed by atoms with Crippen LogP contribution in [0.5, 0.6) is 0 Å².